The number of hydrogen-bond donors (Lipinski definition) is 1. The van der Waals surface area contributed by atoms with Crippen molar-refractivity contribution < 1.29 is 4.52 Å². The van der Waals surface area contributed by atoms with Gasteiger partial charge in [0.15, 0.2) is 5.82 Å². The summed E-state index contributed by atoms with van der Waals surface area (Å²) in [5.41, 5.74) is 7.93. The predicted octanol–water partition coefficient (Wildman–Crippen LogP) is 1.70. The molecule has 5 nitrogen and oxygen atoms in total. The van der Waals surface area contributed by atoms with Gasteiger partial charge in [0.2, 0.25) is 0 Å². The molecule has 0 atom stereocenters. The third kappa shape index (κ3) is 1.91. The molecular weight excluding hydrogens is 212 g/mol. The summed E-state index contributed by atoms with van der Waals surface area (Å²) in [6.07, 6.45) is 0. The number of aromatic nitrogens is 3. The van der Waals surface area contributed by atoms with Crippen molar-refractivity contribution in [2.45, 2.75) is 26.3 Å². The molecule has 0 spiro atoms. The van der Waals surface area contributed by atoms with Crippen LogP contribution >= 0.6 is 11.3 Å². The molecule has 0 bridgehead atoms. The summed E-state index contributed by atoms with van der Waals surface area (Å²) >= 11 is 1.48. The van der Waals surface area contributed by atoms with Crippen LogP contribution in [0.2, 0.25) is 0 Å². The molecule has 0 saturated carbocycles. The van der Waals surface area contributed by atoms with Crippen molar-refractivity contribution in [3.8, 4) is 10.8 Å². The van der Waals surface area contributed by atoms with Crippen molar-refractivity contribution in [3.63, 3.8) is 0 Å². The van der Waals surface area contributed by atoms with E-state index in [4.69, 9.17) is 10.3 Å². The fraction of sp³-hybridized carbons (Fsp3) is 0.444. The maximum atomic E-state index is 5.86. The molecule has 0 aliphatic rings. The molecule has 0 aliphatic carbocycles. The first-order chi connectivity index (χ1) is 6.98. The van der Waals surface area contributed by atoms with E-state index >= 15 is 0 Å². The Bertz CT molecular complexity index is 468. The first-order valence-electron chi connectivity index (χ1n) is 4.52. The van der Waals surface area contributed by atoms with Crippen LogP contribution in [-0.4, -0.2) is 15.1 Å². The Hall–Kier alpha value is -1.27. The van der Waals surface area contributed by atoms with Gasteiger partial charge in [-0.25, -0.2) is 4.98 Å². The van der Waals surface area contributed by atoms with Crippen LogP contribution in [0.3, 0.4) is 0 Å². The van der Waals surface area contributed by atoms with Gasteiger partial charge in [-0.1, -0.05) is 5.16 Å². The fourth-order valence-electron chi connectivity index (χ4n) is 1.08. The zero-order chi connectivity index (χ0) is 11.1. The van der Waals surface area contributed by atoms with E-state index in [0.717, 1.165) is 10.6 Å². The Morgan fingerprint density at radius 1 is 1.47 bits per heavy atom. The quantitative estimate of drug-likeness (QED) is 0.840. The summed E-state index contributed by atoms with van der Waals surface area (Å²) < 4.78 is 5.15. The van der Waals surface area contributed by atoms with Crippen molar-refractivity contribution in [2.24, 2.45) is 5.73 Å². The molecule has 80 valence electrons. The summed E-state index contributed by atoms with van der Waals surface area (Å²) in [6.45, 7) is 5.58. The highest BCUT2D eigenvalue weighted by Gasteiger charge is 2.23. The van der Waals surface area contributed by atoms with E-state index in [0.29, 0.717) is 11.7 Å². The van der Waals surface area contributed by atoms with Gasteiger partial charge in [0.25, 0.3) is 5.89 Å². The normalized spacial score (nSPS) is 12.0. The fourth-order valence-corrected chi connectivity index (χ4v) is 1.81. The van der Waals surface area contributed by atoms with Crippen LogP contribution in [0.5, 0.6) is 0 Å². The molecule has 2 aromatic heterocycles. The zero-order valence-electron chi connectivity index (χ0n) is 8.81. The number of thiazole rings is 1. The van der Waals surface area contributed by atoms with Crippen LogP contribution in [0.4, 0.5) is 0 Å². The SMILES string of the molecule is Cc1ncsc1-c1nc(C(C)(C)N)no1. The van der Waals surface area contributed by atoms with Gasteiger partial charge in [0, 0.05) is 0 Å². The van der Waals surface area contributed by atoms with E-state index in [2.05, 4.69) is 15.1 Å². The molecule has 6 heteroatoms. The number of nitrogens with two attached hydrogens (primary N) is 1. The van der Waals surface area contributed by atoms with Gasteiger partial charge in [-0.2, -0.15) is 4.98 Å². The van der Waals surface area contributed by atoms with Gasteiger partial charge in [0.1, 0.15) is 4.88 Å². The van der Waals surface area contributed by atoms with Gasteiger partial charge < -0.3 is 10.3 Å². The second-order valence-electron chi connectivity index (χ2n) is 3.91. The van der Waals surface area contributed by atoms with E-state index in [-0.39, 0.29) is 0 Å². The topological polar surface area (TPSA) is 77.8 Å². The highest BCUT2D eigenvalue weighted by molar-refractivity contribution is 7.13. The number of rotatable bonds is 2. The van der Waals surface area contributed by atoms with Crippen LogP contribution in [0.25, 0.3) is 10.8 Å². The van der Waals surface area contributed by atoms with Gasteiger partial charge >= 0.3 is 0 Å². The Labute approximate surface area is 91.3 Å². The van der Waals surface area contributed by atoms with Crippen LogP contribution in [0.1, 0.15) is 25.4 Å². The Kier molecular flexibility index (Phi) is 2.32. The van der Waals surface area contributed by atoms with Crippen molar-refractivity contribution >= 4 is 11.3 Å². The molecule has 2 aromatic rings. The largest absolute Gasteiger partial charge is 0.333 e. The Balaban J connectivity index is 2.41. The standard InChI is InChI=1S/C9H12N4OS/c1-5-6(15-4-11-5)7-12-8(13-14-7)9(2,3)10/h4H,10H2,1-3H3. The van der Waals surface area contributed by atoms with E-state index in [1.807, 2.05) is 20.8 Å². The van der Waals surface area contributed by atoms with E-state index in [1.165, 1.54) is 11.3 Å². The molecule has 0 fully saturated rings. The van der Waals surface area contributed by atoms with Gasteiger partial charge in [-0.3, -0.25) is 0 Å². The third-order valence-corrected chi connectivity index (χ3v) is 2.86. The van der Waals surface area contributed by atoms with Crippen molar-refractivity contribution in [3.05, 3.63) is 17.0 Å². The molecule has 0 amide bonds. The number of nitrogens with zero attached hydrogens (tertiary/aromatic N) is 3. The van der Waals surface area contributed by atoms with Crippen LogP contribution in [-0.2, 0) is 5.54 Å². The molecule has 0 aliphatic heterocycles. The highest BCUT2D eigenvalue weighted by atomic mass is 32.1. The predicted molar refractivity (Wildman–Crippen MR) is 57.4 cm³/mol. The smallest absolute Gasteiger partial charge is 0.269 e. The molecule has 2 rings (SSSR count). The van der Waals surface area contributed by atoms with E-state index in [9.17, 15) is 0 Å². The summed E-state index contributed by atoms with van der Waals surface area (Å²) in [6, 6.07) is 0. The Morgan fingerprint density at radius 2 is 2.20 bits per heavy atom. The van der Waals surface area contributed by atoms with E-state index < -0.39 is 5.54 Å². The molecule has 2 heterocycles. The minimum Gasteiger partial charge on any atom is -0.333 e. The molecule has 0 unspecified atom stereocenters. The first-order valence-corrected chi connectivity index (χ1v) is 5.40. The maximum absolute atomic E-state index is 5.86. The molecule has 2 N–H and O–H groups in total. The summed E-state index contributed by atoms with van der Waals surface area (Å²) in [7, 11) is 0. The number of aryl methyl sites for hydroxylation is 1. The lowest BCUT2D eigenvalue weighted by molar-refractivity contribution is 0.397. The second kappa shape index (κ2) is 3.39. The third-order valence-electron chi connectivity index (χ3n) is 1.94. The average Bonchev–Trinajstić information content (AvgIpc) is 2.69. The average molecular weight is 224 g/mol. The maximum Gasteiger partial charge on any atom is 0.269 e. The van der Waals surface area contributed by atoms with Crippen molar-refractivity contribution in [1.29, 1.82) is 0 Å². The zero-order valence-corrected chi connectivity index (χ0v) is 9.63. The molecule has 15 heavy (non-hydrogen) atoms. The van der Waals surface area contributed by atoms with Crippen molar-refractivity contribution in [1.82, 2.24) is 15.1 Å². The highest BCUT2D eigenvalue weighted by Crippen LogP contribution is 2.26. The monoisotopic (exact) mass is 224 g/mol. The Morgan fingerprint density at radius 3 is 2.67 bits per heavy atom. The van der Waals surface area contributed by atoms with Crippen LogP contribution in [0.15, 0.2) is 10.0 Å². The lowest BCUT2D eigenvalue weighted by atomic mass is 10.1. The molecule has 0 aromatic carbocycles. The van der Waals surface area contributed by atoms with E-state index in [1.54, 1.807) is 5.51 Å². The summed E-state index contributed by atoms with van der Waals surface area (Å²) in [5.74, 6) is 0.994. The lowest BCUT2D eigenvalue weighted by Crippen LogP contribution is -2.30. The molecular formula is C9H12N4OS. The van der Waals surface area contributed by atoms with Crippen molar-refractivity contribution in [2.75, 3.05) is 0 Å². The first kappa shape index (κ1) is 10.3. The second-order valence-corrected chi connectivity index (χ2v) is 4.77. The van der Waals surface area contributed by atoms with Gasteiger partial charge in [-0.15, -0.1) is 11.3 Å². The minimum atomic E-state index is -0.583. The van der Waals surface area contributed by atoms with Gasteiger partial charge in [-0.05, 0) is 20.8 Å². The molecule has 0 radical (unpaired) electrons. The summed E-state index contributed by atoms with van der Waals surface area (Å²) in [5, 5.41) is 3.85. The van der Waals surface area contributed by atoms with Crippen LogP contribution < -0.4 is 5.73 Å². The number of hydrogen-bond acceptors (Lipinski definition) is 6. The van der Waals surface area contributed by atoms with Gasteiger partial charge in [0.05, 0.1) is 16.7 Å². The molecule has 0 saturated heterocycles. The minimum absolute atomic E-state index is 0.489. The van der Waals surface area contributed by atoms with Crippen LogP contribution in [0, 0.1) is 6.92 Å². The summed E-state index contributed by atoms with van der Waals surface area (Å²) in [4.78, 5) is 9.28. The lowest BCUT2D eigenvalue weighted by Gasteiger charge is -2.11.